The Bertz CT molecular complexity index is 957. The third-order valence-electron chi connectivity index (χ3n) is 5.71. The molecule has 3 amide bonds. The van der Waals surface area contributed by atoms with E-state index in [2.05, 4.69) is 15.6 Å². The molecule has 170 valence electrons. The van der Waals surface area contributed by atoms with E-state index in [0.29, 0.717) is 17.8 Å². The summed E-state index contributed by atoms with van der Waals surface area (Å²) in [4.78, 5) is 43.4. The molecule has 32 heavy (non-hydrogen) atoms. The van der Waals surface area contributed by atoms with Crippen LogP contribution >= 0.6 is 0 Å². The van der Waals surface area contributed by atoms with Crippen molar-refractivity contribution in [1.82, 2.24) is 10.3 Å². The van der Waals surface area contributed by atoms with Gasteiger partial charge in [0, 0.05) is 18.7 Å². The van der Waals surface area contributed by atoms with Gasteiger partial charge in [0.15, 0.2) is 0 Å². The van der Waals surface area contributed by atoms with Crippen LogP contribution in [0.15, 0.2) is 42.6 Å². The monoisotopic (exact) mass is 437 g/mol. The van der Waals surface area contributed by atoms with Gasteiger partial charge in [0.2, 0.25) is 11.8 Å². The quantitative estimate of drug-likeness (QED) is 0.615. The summed E-state index contributed by atoms with van der Waals surface area (Å²) in [6.07, 6.45) is 3.26. The van der Waals surface area contributed by atoms with Crippen LogP contribution < -0.4 is 21.3 Å². The van der Waals surface area contributed by atoms with E-state index >= 15 is 0 Å². The minimum atomic E-state index is -0.693. The minimum Gasteiger partial charge on any atom is -0.369 e. The van der Waals surface area contributed by atoms with Crippen LogP contribution in [0, 0.1) is 18.8 Å². The van der Waals surface area contributed by atoms with Crippen molar-refractivity contribution in [3.63, 3.8) is 0 Å². The Kier molecular flexibility index (Phi) is 7.45. The molecule has 0 spiro atoms. The van der Waals surface area contributed by atoms with Gasteiger partial charge >= 0.3 is 0 Å². The largest absolute Gasteiger partial charge is 0.369 e. The molecule has 2 aromatic rings. The Hall–Kier alpha value is -3.42. The van der Waals surface area contributed by atoms with Gasteiger partial charge in [-0.25, -0.2) is 4.98 Å². The molecule has 1 saturated heterocycles. The fourth-order valence-corrected chi connectivity index (χ4v) is 3.75. The van der Waals surface area contributed by atoms with Crippen molar-refractivity contribution in [3.05, 3.63) is 53.7 Å². The predicted molar refractivity (Wildman–Crippen MR) is 124 cm³/mol. The van der Waals surface area contributed by atoms with E-state index in [1.54, 1.807) is 24.4 Å². The Morgan fingerprint density at radius 2 is 1.84 bits per heavy atom. The highest BCUT2D eigenvalue weighted by Crippen LogP contribution is 2.22. The second-order valence-corrected chi connectivity index (χ2v) is 8.64. The van der Waals surface area contributed by atoms with E-state index < -0.39 is 6.04 Å². The molecule has 4 N–H and O–H groups in total. The highest BCUT2D eigenvalue weighted by atomic mass is 16.2. The van der Waals surface area contributed by atoms with Crippen molar-refractivity contribution in [2.75, 3.05) is 23.3 Å². The third-order valence-corrected chi connectivity index (χ3v) is 5.71. The summed E-state index contributed by atoms with van der Waals surface area (Å²) < 4.78 is 0. The molecular weight excluding hydrogens is 406 g/mol. The summed E-state index contributed by atoms with van der Waals surface area (Å²) in [5.41, 5.74) is 7.56. The maximum atomic E-state index is 12.9. The summed E-state index contributed by atoms with van der Waals surface area (Å²) in [7, 11) is 0. The average molecular weight is 438 g/mol. The summed E-state index contributed by atoms with van der Waals surface area (Å²) in [6, 6.07) is 10.1. The lowest BCUT2D eigenvalue weighted by Crippen LogP contribution is -2.47. The lowest BCUT2D eigenvalue weighted by atomic mass is 9.97. The molecule has 1 aliphatic heterocycles. The van der Waals surface area contributed by atoms with Crippen molar-refractivity contribution in [3.8, 4) is 0 Å². The summed E-state index contributed by atoms with van der Waals surface area (Å²) in [5, 5.41) is 5.67. The number of amides is 3. The first-order valence-corrected chi connectivity index (χ1v) is 10.9. The maximum absolute atomic E-state index is 12.9. The van der Waals surface area contributed by atoms with Gasteiger partial charge in [0.1, 0.15) is 11.9 Å². The molecule has 1 fully saturated rings. The van der Waals surface area contributed by atoms with Crippen LogP contribution in [-0.4, -0.2) is 41.8 Å². The molecule has 0 bridgehead atoms. The molecular formula is C24H31N5O3. The molecule has 8 nitrogen and oxygen atoms in total. The number of carbonyl (C=O) groups is 3. The normalized spacial score (nSPS) is 17.0. The topological polar surface area (TPSA) is 117 Å². The average Bonchev–Trinajstić information content (AvgIpc) is 2.78. The standard InChI is InChI=1S/C24H31N5O3/c1-15(2)21(28-23(31)17-8-6-16(3)7-9-17)24(32)27-19-10-11-20(26-13-19)29-12-4-5-18(14-29)22(25)30/h6-11,13,15,18,21H,4-5,12,14H2,1-3H3,(H2,25,30)(H,27,32)(H,28,31). The van der Waals surface area contributed by atoms with Crippen LogP contribution in [0.2, 0.25) is 0 Å². The van der Waals surface area contributed by atoms with E-state index in [-0.39, 0.29) is 29.6 Å². The number of carbonyl (C=O) groups excluding carboxylic acids is 3. The number of nitrogens with two attached hydrogens (primary N) is 1. The fraction of sp³-hybridized carbons (Fsp3) is 0.417. The molecule has 0 saturated carbocycles. The first kappa shape index (κ1) is 23.2. The highest BCUT2D eigenvalue weighted by Gasteiger charge is 2.26. The summed E-state index contributed by atoms with van der Waals surface area (Å²) in [5.74, 6) is -0.416. The molecule has 1 aromatic carbocycles. The number of nitrogens with one attached hydrogen (secondary N) is 2. The van der Waals surface area contributed by atoms with Gasteiger partial charge in [-0.3, -0.25) is 14.4 Å². The predicted octanol–water partition coefficient (Wildman–Crippen LogP) is 2.48. The van der Waals surface area contributed by atoms with Crippen LogP contribution in [0.5, 0.6) is 0 Å². The van der Waals surface area contributed by atoms with Crippen LogP contribution in [0.1, 0.15) is 42.6 Å². The first-order valence-electron chi connectivity index (χ1n) is 10.9. The van der Waals surface area contributed by atoms with Crippen molar-refractivity contribution in [2.45, 2.75) is 39.7 Å². The van der Waals surface area contributed by atoms with Crippen molar-refractivity contribution in [2.24, 2.45) is 17.6 Å². The number of pyridine rings is 1. The molecule has 1 aromatic heterocycles. The molecule has 2 unspecified atom stereocenters. The number of anilines is 2. The number of rotatable bonds is 7. The van der Waals surface area contributed by atoms with Crippen molar-refractivity contribution < 1.29 is 14.4 Å². The Labute approximate surface area is 188 Å². The first-order chi connectivity index (χ1) is 15.2. The lowest BCUT2D eigenvalue weighted by molar-refractivity contribution is -0.122. The highest BCUT2D eigenvalue weighted by molar-refractivity contribution is 6.01. The number of piperidine rings is 1. The number of primary amides is 1. The van der Waals surface area contributed by atoms with Gasteiger partial charge in [-0.05, 0) is 49.9 Å². The van der Waals surface area contributed by atoms with Crippen LogP contribution in [0.25, 0.3) is 0 Å². The molecule has 8 heteroatoms. The number of benzene rings is 1. The number of hydrogen-bond acceptors (Lipinski definition) is 5. The second kappa shape index (κ2) is 10.3. The van der Waals surface area contributed by atoms with Gasteiger partial charge in [0.25, 0.3) is 5.91 Å². The molecule has 3 rings (SSSR count). The van der Waals surface area contributed by atoms with E-state index in [0.717, 1.165) is 30.8 Å². The van der Waals surface area contributed by atoms with Crippen molar-refractivity contribution >= 4 is 29.2 Å². The van der Waals surface area contributed by atoms with Gasteiger partial charge < -0.3 is 21.3 Å². The molecule has 0 aliphatic carbocycles. The van der Waals surface area contributed by atoms with E-state index in [1.807, 2.05) is 43.9 Å². The van der Waals surface area contributed by atoms with Crippen LogP contribution in [-0.2, 0) is 9.59 Å². The molecule has 2 heterocycles. The minimum absolute atomic E-state index is 0.101. The zero-order chi connectivity index (χ0) is 23.3. The number of nitrogens with zero attached hydrogens (tertiary/aromatic N) is 2. The Morgan fingerprint density at radius 3 is 2.44 bits per heavy atom. The number of aromatic nitrogens is 1. The van der Waals surface area contributed by atoms with Gasteiger partial charge in [-0.1, -0.05) is 31.5 Å². The zero-order valence-corrected chi connectivity index (χ0v) is 18.8. The maximum Gasteiger partial charge on any atom is 0.251 e. The molecule has 0 radical (unpaired) electrons. The fourth-order valence-electron chi connectivity index (χ4n) is 3.75. The van der Waals surface area contributed by atoms with E-state index in [4.69, 9.17) is 5.73 Å². The number of hydrogen-bond donors (Lipinski definition) is 3. The van der Waals surface area contributed by atoms with Crippen LogP contribution in [0.3, 0.4) is 0 Å². The van der Waals surface area contributed by atoms with Gasteiger partial charge in [-0.15, -0.1) is 0 Å². The Morgan fingerprint density at radius 1 is 1.12 bits per heavy atom. The molecule has 2 atom stereocenters. The summed E-state index contributed by atoms with van der Waals surface area (Å²) in [6.45, 7) is 7.07. The van der Waals surface area contributed by atoms with Gasteiger partial charge in [-0.2, -0.15) is 0 Å². The molecule has 1 aliphatic rings. The second-order valence-electron chi connectivity index (χ2n) is 8.64. The van der Waals surface area contributed by atoms with Gasteiger partial charge in [0.05, 0.1) is 17.8 Å². The van der Waals surface area contributed by atoms with Crippen LogP contribution in [0.4, 0.5) is 11.5 Å². The van der Waals surface area contributed by atoms with E-state index in [1.165, 1.54) is 0 Å². The Balaban J connectivity index is 1.63. The smallest absolute Gasteiger partial charge is 0.251 e. The third kappa shape index (κ3) is 5.84. The SMILES string of the molecule is Cc1ccc(C(=O)NC(C(=O)Nc2ccc(N3CCCC(C(N)=O)C3)nc2)C(C)C)cc1. The zero-order valence-electron chi connectivity index (χ0n) is 18.8. The summed E-state index contributed by atoms with van der Waals surface area (Å²) >= 11 is 0. The van der Waals surface area contributed by atoms with Crippen molar-refractivity contribution in [1.29, 1.82) is 0 Å². The number of aryl methyl sites for hydroxylation is 1. The lowest BCUT2D eigenvalue weighted by Gasteiger charge is -2.32. The van der Waals surface area contributed by atoms with E-state index in [9.17, 15) is 14.4 Å².